The van der Waals surface area contributed by atoms with Gasteiger partial charge in [0.05, 0.1) is 0 Å². The van der Waals surface area contributed by atoms with Crippen molar-refractivity contribution in [3.8, 4) is 0 Å². The molecule has 1 saturated heterocycles. The molecule has 1 rings (SSSR count). The minimum Gasteiger partial charge on any atom is -0.313 e. The zero-order valence-electron chi connectivity index (χ0n) is 5.21. The second-order valence-corrected chi connectivity index (χ2v) is 2.29. The van der Waals surface area contributed by atoms with Crippen LogP contribution in [0, 0.1) is 0 Å². The lowest BCUT2D eigenvalue weighted by Crippen LogP contribution is -2.37. The maximum Gasteiger partial charge on any atom is 0.219 e. The second kappa shape index (κ2) is 2.94. The first-order chi connectivity index (χ1) is 4.34. The third kappa shape index (κ3) is 1.50. The number of nitrogens with zero attached hydrogens (tertiary/aromatic N) is 1. The summed E-state index contributed by atoms with van der Waals surface area (Å²) in [6.45, 7) is 0.611. The summed E-state index contributed by atoms with van der Waals surface area (Å²) in [4.78, 5) is 10.0. The van der Waals surface area contributed by atoms with Gasteiger partial charge in [-0.05, 0) is 19.3 Å². The van der Waals surface area contributed by atoms with E-state index in [9.17, 15) is 4.79 Å². The molecule has 1 radical (unpaired) electrons. The Kier molecular flexibility index (Phi) is 2.19. The largest absolute Gasteiger partial charge is 0.313 e. The highest BCUT2D eigenvalue weighted by atomic mass is 16.5. The zero-order valence-corrected chi connectivity index (χ0v) is 5.21. The Hall–Kier alpha value is -0.410. The average Bonchev–Trinajstić information content (AvgIpc) is 1.89. The molecule has 0 aromatic heterocycles. The second-order valence-electron chi connectivity index (χ2n) is 2.29. The Bertz CT molecular complexity index is 105. The quantitative estimate of drug-likeness (QED) is 0.553. The molecule has 0 bridgehead atoms. The minimum absolute atomic E-state index is 0.362. The van der Waals surface area contributed by atoms with Crippen molar-refractivity contribution in [2.24, 2.45) is 0 Å². The van der Waals surface area contributed by atoms with Gasteiger partial charge in [0.1, 0.15) is 6.04 Å². The summed E-state index contributed by atoms with van der Waals surface area (Å²) >= 11 is 0. The van der Waals surface area contributed by atoms with Crippen molar-refractivity contribution in [3.63, 3.8) is 0 Å². The van der Waals surface area contributed by atoms with Crippen LogP contribution in [0.15, 0.2) is 0 Å². The van der Waals surface area contributed by atoms with Gasteiger partial charge in [-0.1, -0.05) is 0 Å². The van der Waals surface area contributed by atoms with Crippen LogP contribution in [0.2, 0.25) is 0 Å². The number of rotatable bonds is 1. The lowest BCUT2D eigenvalue weighted by Gasteiger charge is -2.24. The molecule has 1 heterocycles. The van der Waals surface area contributed by atoms with Gasteiger partial charge < -0.3 is 5.21 Å². The van der Waals surface area contributed by atoms with Crippen LogP contribution in [-0.2, 0) is 4.79 Å². The summed E-state index contributed by atoms with van der Waals surface area (Å²) in [5.41, 5.74) is 0. The molecule has 9 heavy (non-hydrogen) atoms. The molecule has 1 aliphatic heterocycles. The molecule has 0 spiro atoms. The molecule has 0 aliphatic carbocycles. The summed E-state index contributed by atoms with van der Waals surface area (Å²) < 4.78 is 0. The summed E-state index contributed by atoms with van der Waals surface area (Å²) in [5, 5.41) is 10.0. The van der Waals surface area contributed by atoms with E-state index in [4.69, 9.17) is 5.21 Å². The fourth-order valence-corrected chi connectivity index (χ4v) is 1.04. The first-order valence-corrected chi connectivity index (χ1v) is 3.18. The van der Waals surface area contributed by atoms with E-state index in [1.807, 2.05) is 0 Å². The maximum atomic E-state index is 10.0. The molecule has 1 N–H and O–H groups in total. The lowest BCUT2D eigenvalue weighted by molar-refractivity contribution is -0.122. The molecule has 1 atom stereocenters. The number of carbonyl (C=O) groups excluding carboxylic acids is 1. The maximum absolute atomic E-state index is 10.0. The van der Waals surface area contributed by atoms with Crippen LogP contribution >= 0.6 is 0 Å². The minimum atomic E-state index is -0.362. The van der Waals surface area contributed by atoms with Crippen molar-refractivity contribution in [3.05, 3.63) is 0 Å². The van der Waals surface area contributed by atoms with Gasteiger partial charge in [0.15, 0.2) is 0 Å². The topological polar surface area (TPSA) is 40.5 Å². The third-order valence-corrected chi connectivity index (χ3v) is 1.61. The van der Waals surface area contributed by atoms with E-state index in [2.05, 4.69) is 0 Å². The molecular formula is C6H10NO2. The van der Waals surface area contributed by atoms with Crippen molar-refractivity contribution < 1.29 is 10.0 Å². The highest BCUT2D eigenvalue weighted by Gasteiger charge is 2.19. The molecule has 1 aliphatic rings. The molecule has 0 saturated carbocycles. The van der Waals surface area contributed by atoms with Gasteiger partial charge in [-0.3, -0.25) is 4.79 Å². The van der Waals surface area contributed by atoms with E-state index in [0.717, 1.165) is 24.3 Å². The molecule has 1 unspecified atom stereocenters. The summed E-state index contributed by atoms with van der Waals surface area (Å²) in [5.74, 6) is 0. The van der Waals surface area contributed by atoms with Crippen LogP contribution in [-0.4, -0.2) is 29.1 Å². The molecular weight excluding hydrogens is 118 g/mol. The fourth-order valence-electron chi connectivity index (χ4n) is 1.04. The van der Waals surface area contributed by atoms with Crippen LogP contribution < -0.4 is 0 Å². The predicted molar refractivity (Wildman–Crippen MR) is 31.8 cm³/mol. The van der Waals surface area contributed by atoms with Crippen LogP contribution in [0.3, 0.4) is 0 Å². The van der Waals surface area contributed by atoms with Gasteiger partial charge in [0, 0.05) is 6.54 Å². The van der Waals surface area contributed by atoms with Crippen molar-refractivity contribution in [1.29, 1.82) is 0 Å². The van der Waals surface area contributed by atoms with E-state index in [0.29, 0.717) is 6.54 Å². The van der Waals surface area contributed by atoms with Gasteiger partial charge in [-0.15, -0.1) is 0 Å². The Labute approximate surface area is 54.2 Å². The normalized spacial score (nSPS) is 30.1. The van der Waals surface area contributed by atoms with E-state index in [1.54, 1.807) is 6.29 Å². The number of hydroxylamine groups is 2. The summed E-state index contributed by atoms with van der Waals surface area (Å²) in [6, 6.07) is -0.362. The van der Waals surface area contributed by atoms with E-state index in [-0.39, 0.29) is 6.04 Å². The smallest absolute Gasteiger partial charge is 0.219 e. The number of hydrogen-bond acceptors (Lipinski definition) is 3. The molecule has 3 heteroatoms. The third-order valence-electron chi connectivity index (χ3n) is 1.61. The Morgan fingerprint density at radius 2 is 2.33 bits per heavy atom. The molecule has 0 aromatic rings. The van der Waals surface area contributed by atoms with Crippen molar-refractivity contribution in [1.82, 2.24) is 5.06 Å². The first kappa shape index (κ1) is 6.71. The summed E-state index contributed by atoms with van der Waals surface area (Å²) in [6.07, 6.45) is 4.54. The Balaban J connectivity index is 2.38. The predicted octanol–water partition coefficient (Wildman–Crippen LogP) is 0.340. The van der Waals surface area contributed by atoms with E-state index in [1.165, 1.54) is 0 Å². The highest BCUT2D eigenvalue weighted by Crippen LogP contribution is 2.11. The zero-order chi connectivity index (χ0) is 6.69. The standard InChI is InChI=1S/C6H10NO2/c8-5-6-3-1-2-4-7(6)9/h6,9H,1-4H2. The Morgan fingerprint density at radius 3 is 2.78 bits per heavy atom. The van der Waals surface area contributed by atoms with Crippen molar-refractivity contribution in [2.45, 2.75) is 25.3 Å². The lowest BCUT2D eigenvalue weighted by atomic mass is 10.1. The summed E-state index contributed by atoms with van der Waals surface area (Å²) in [7, 11) is 0. The van der Waals surface area contributed by atoms with Crippen LogP contribution in [0.5, 0.6) is 0 Å². The molecule has 3 nitrogen and oxygen atoms in total. The first-order valence-electron chi connectivity index (χ1n) is 3.18. The van der Waals surface area contributed by atoms with Crippen molar-refractivity contribution >= 4 is 6.29 Å². The molecule has 0 amide bonds. The SMILES string of the molecule is O=[C]C1CCCCN1O. The van der Waals surface area contributed by atoms with Crippen LogP contribution in [0.1, 0.15) is 19.3 Å². The average molecular weight is 128 g/mol. The van der Waals surface area contributed by atoms with Gasteiger partial charge >= 0.3 is 0 Å². The monoisotopic (exact) mass is 128 g/mol. The van der Waals surface area contributed by atoms with E-state index >= 15 is 0 Å². The molecule has 1 fully saturated rings. The molecule has 0 aromatic carbocycles. The van der Waals surface area contributed by atoms with Crippen LogP contribution in [0.25, 0.3) is 0 Å². The van der Waals surface area contributed by atoms with Gasteiger partial charge in [-0.2, -0.15) is 5.06 Å². The Morgan fingerprint density at radius 1 is 1.56 bits per heavy atom. The van der Waals surface area contributed by atoms with Crippen LogP contribution in [0.4, 0.5) is 0 Å². The number of piperidine rings is 1. The van der Waals surface area contributed by atoms with Crippen molar-refractivity contribution in [2.75, 3.05) is 6.54 Å². The molecule has 51 valence electrons. The van der Waals surface area contributed by atoms with Gasteiger partial charge in [0.25, 0.3) is 0 Å². The highest BCUT2D eigenvalue weighted by molar-refractivity contribution is 5.58. The van der Waals surface area contributed by atoms with E-state index < -0.39 is 0 Å². The van der Waals surface area contributed by atoms with Gasteiger partial charge in [0.2, 0.25) is 6.29 Å². The van der Waals surface area contributed by atoms with Gasteiger partial charge in [-0.25, -0.2) is 0 Å². The number of hydrogen-bond donors (Lipinski definition) is 1. The fraction of sp³-hybridized carbons (Fsp3) is 0.833.